The number of thiazole rings is 1. The van der Waals surface area contributed by atoms with Gasteiger partial charge in [0.1, 0.15) is 5.82 Å². The number of benzene rings is 3. The summed E-state index contributed by atoms with van der Waals surface area (Å²) in [6, 6.07) is 23.0. The Labute approximate surface area is 195 Å². The first kappa shape index (κ1) is 22.4. The third-order valence-electron chi connectivity index (χ3n) is 5.03. The lowest BCUT2D eigenvalue weighted by atomic mass is 10.1. The predicted molar refractivity (Wildman–Crippen MR) is 128 cm³/mol. The molecule has 166 valence electrons. The van der Waals surface area contributed by atoms with E-state index in [1.54, 1.807) is 29.2 Å². The molecule has 0 bridgehead atoms. The van der Waals surface area contributed by atoms with Gasteiger partial charge in [-0.1, -0.05) is 42.5 Å². The number of halogens is 1. The SMILES string of the molecule is CC(=O)NCc1ccc(C(=O)N(Cc2ccccc2)c2nc(-c3ccc(F)cc3)cs2)cc1. The number of nitrogens with one attached hydrogen (secondary N) is 1. The smallest absolute Gasteiger partial charge is 0.260 e. The molecule has 0 aliphatic carbocycles. The van der Waals surface area contributed by atoms with Gasteiger partial charge in [-0.2, -0.15) is 0 Å². The van der Waals surface area contributed by atoms with Crippen LogP contribution >= 0.6 is 11.3 Å². The van der Waals surface area contributed by atoms with Crippen LogP contribution in [0.25, 0.3) is 11.3 Å². The van der Waals surface area contributed by atoms with Gasteiger partial charge in [0.2, 0.25) is 5.91 Å². The third-order valence-corrected chi connectivity index (χ3v) is 5.90. The van der Waals surface area contributed by atoms with Crippen LogP contribution < -0.4 is 10.2 Å². The second kappa shape index (κ2) is 10.2. The molecular weight excluding hydrogens is 437 g/mol. The van der Waals surface area contributed by atoms with Crippen molar-refractivity contribution in [2.75, 3.05) is 4.90 Å². The number of hydrogen-bond donors (Lipinski definition) is 1. The highest BCUT2D eigenvalue weighted by atomic mass is 32.1. The van der Waals surface area contributed by atoms with E-state index in [1.165, 1.54) is 30.4 Å². The van der Waals surface area contributed by atoms with Crippen molar-refractivity contribution >= 4 is 28.3 Å². The van der Waals surface area contributed by atoms with Gasteiger partial charge in [0.15, 0.2) is 5.13 Å². The Morgan fingerprint density at radius 3 is 2.30 bits per heavy atom. The number of carbonyl (C=O) groups excluding carboxylic acids is 2. The van der Waals surface area contributed by atoms with Crippen LogP contribution in [0.1, 0.15) is 28.4 Å². The van der Waals surface area contributed by atoms with Crippen molar-refractivity contribution in [3.63, 3.8) is 0 Å². The number of rotatable bonds is 7. The third kappa shape index (κ3) is 5.70. The molecule has 0 aliphatic heterocycles. The number of nitrogens with zero attached hydrogens (tertiary/aromatic N) is 2. The second-order valence-electron chi connectivity index (χ2n) is 7.51. The summed E-state index contributed by atoms with van der Waals surface area (Å²) in [6.45, 7) is 2.24. The van der Waals surface area contributed by atoms with E-state index in [9.17, 15) is 14.0 Å². The number of aromatic nitrogens is 1. The van der Waals surface area contributed by atoms with Crippen molar-refractivity contribution in [1.82, 2.24) is 10.3 Å². The molecule has 0 saturated heterocycles. The number of anilines is 1. The van der Waals surface area contributed by atoms with Crippen molar-refractivity contribution in [2.24, 2.45) is 0 Å². The maximum Gasteiger partial charge on any atom is 0.260 e. The van der Waals surface area contributed by atoms with E-state index in [0.717, 1.165) is 16.7 Å². The highest BCUT2D eigenvalue weighted by molar-refractivity contribution is 7.14. The normalized spacial score (nSPS) is 10.6. The van der Waals surface area contributed by atoms with Crippen LogP contribution in [0.3, 0.4) is 0 Å². The van der Waals surface area contributed by atoms with E-state index in [0.29, 0.717) is 29.5 Å². The molecule has 33 heavy (non-hydrogen) atoms. The van der Waals surface area contributed by atoms with Crippen molar-refractivity contribution in [1.29, 1.82) is 0 Å². The van der Waals surface area contributed by atoms with Gasteiger partial charge in [-0.05, 0) is 47.5 Å². The van der Waals surface area contributed by atoms with Crippen LogP contribution in [-0.2, 0) is 17.9 Å². The van der Waals surface area contributed by atoms with E-state index < -0.39 is 0 Å². The maximum absolute atomic E-state index is 13.5. The Kier molecular flexibility index (Phi) is 6.90. The van der Waals surface area contributed by atoms with E-state index >= 15 is 0 Å². The molecule has 0 aliphatic rings. The van der Waals surface area contributed by atoms with Crippen LogP contribution in [0.5, 0.6) is 0 Å². The van der Waals surface area contributed by atoms with Gasteiger partial charge < -0.3 is 5.32 Å². The van der Waals surface area contributed by atoms with Gasteiger partial charge in [0, 0.05) is 30.0 Å². The topological polar surface area (TPSA) is 62.3 Å². The molecule has 0 saturated carbocycles. The molecule has 0 radical (unpaired) electrons. The first-order valence-corrected chi connectivity index (χ1v) is 11.3. The molecule has 0 atom stereocenters. The minimum absolute atomic E-state index is 0.107. The van der Waals surface area contributed by atoms with Gasteiger partial charge in [0.05, 0.1) is 12.2 Å². The van der Waals surface area contributed by atoms with Gasteiger partial charge in [-0.25, -0.2) is 9.37 Å². The van der Waals surface area contributed by atoms with Gasteiger partial charge in [-0.15, -0.1) is 11.3 Å². The molecule has 0 fully saturated rings. The maximum atomic E-state index is 13.5. The van der Waals surface area contributed by atoms with Crippen LogP contribution in [-0.4, -0.2) is 16.8 Å². The lowest BCUT2D eigenvalue weighted by Gasteiger charge is -2.20. The highest BCUT2D eigenvalue weighted by Gasteiger charge is 2.21. The van der Waals surface area contributed by atoms with Crippen LogP contribution in [0, 0.1) is 5.82 Å². The molecule has 1 aromatic heterocycles. The zero-order valence-electron chi connectivity index (χ0n) is 18.0. The molecule has 4 rings (SSSR count). The zero-order valence-corrected chi connectivity index (χ0v) is 18.8. The fourth-order valence-electron chi connectivity index (χ4n) is 3.28. The van der Waals surface area contributed by atoms with Gasteiger partial charge >= 0.3 is 0 Å². The van der Waals surface area contributed by atoms with E-state index in [1.807, 2.05) is 47.8 Å². The Morgan fingerprint density at radius 1 is 0.939 bits per heavy atom. The molecule has 7 heteroatoms. The standard InChI is InChI=1S/C26H22FN3O2S/c1-18(31)28-15-19-7-9-22(10-8-19)25(32)30(16-20-5-3-2-4-6-20)26-29-24(17-33-26)21-11-13-23(27)14-12-21/h2-14,17H,15-16H2,1H3,(H,28,31). The lowest BCUT2D eigenvalue weighted by molar-refractivity contribution is -0.119. The summed E-state index contributed by atoms with van der Waals surface area (Å²) >= 11 is 1.37. The fourth-order valence-corrected chi connectivity index (χ4v) is 4.11. The monoisotopic (exact) mass is 459 g/mol. The Balaban J connectivity index is 1.62. The summed E-state index contributed by atoms with van der Waals surface area (Å²) in [7, 11) is 0. The van der Waals surface area contributed by atoms with Crippen molar-refractivity contribution in [3.8, 4) is 11.3 Å². The molecule has 5 nitrogen and oxygen atoms in total. The minimum atomic E-state index is -0.308. The second-order valence-corrected chi connectivity index (χ2v) is 8.34. The summed E-state index contributed by atoms with van der Waals surface area (Å²) in [4.78, 5) is 30.9. The van der Waals surface area contributed by atoms with Crippen molar-refractivity contribution < 1.29 is 14.0 Å². The van der Waals surface area contributed by atoms with Gasteiger partial charge in [-0.3, -0.25) is 14.5 Å². The number of amides is 2. The number of hydrogen-bond acceptors (Lipinski definition) is 4. The molecule has 0 unspecified atom stereocenters. The quantitative estimate of drug-likeness (QED) is 0.401. The first-order chi connectivity index (χ1) is 16.0. The minimum Gasteiger partial charge on any atom is -0.352 e. The van der Waals surface area contributed by atoms with Crippen LogP contribution in [0.2, 0.25) is 0 Å². The fraction of sp³-hybridized carbons (Fsp3) is 0.115. The Morgan fingerprint density at radius 2 is 1.64 bits per heavy atom. The Bertz CT molecular complexity index is 1240. The molecule has 1 heterocycles. The van der Waals surface area contributed by atoms with Crippen molar-refractivity contribution in [3.05, 3.63) is 107 Å². The molecule has 2 amide bonds. The molecular formula is C26H22FN3O2S. The molecule has 4 aromatic rings. The van der Waals surface area contributed by atoms with E-state index in [-0.39, 0.29) is 17.6 Å². The summed E-state index contributed by atoms with van der Waals surface area (Å²) < 4.78 is 13.3. The molecule has 0 spiro atoms. The number of carbonyl (C=O) groups is 2. The summed E-state index contributed by atoms with van der Waals surface area (Å²) in [5.41, 5.74) is 3.88. The largest absolute Gasteiger partial charge is 0.352 e. The molecule has 1 N–H and O–H groups in total. The van der Waals surface area contributed by atoms with Crippen LogP contribution in [0.15, 0.2) is 84.2 Å². The van der Waals surface area contributed by atoms with Crippen molar-refractivity contribution in [2.45, 2.75) is 20.0 Å². The molecule has 3 aromatic carbocycles. The summed E-state index contributed by atoms with van der Waals surface area (Å²) in [6.07, 6.45) is 0. The Hall–Kier alpha value is -3.84. The lowest BCUT2D eigenvalue weighted by Crippen LogP contribution is -2.30. The zero-order chi connectivity index (χ0) is 23.2. The highest BCUT2D eigenvalue weighted by Crippen LogP contribution is 2.30. The van der Waals surface area contributed by atoms with E-state index in [2.05, 4.69) is 10.3 Å². The van der Waals surface area contributed by atoms with Crippen LogP contribution in [0.4, 0.5) is 9.52 Å². The first-order valence-electron chi connectivity index (χ1n) is 10.4. The predicted octanol–water partition coefficient (Wildman–Crippen LogP) is 5.43. The van der Waals surface area contributed by atoms with E-state index in [4.69, 9.17) is 0 Å². The van der Waals surface area contributed by atoms with Gasteiger partial charge in [0.25, 0.3) is 5.91 Å². The average molecular weight is 460 g/mol. The average Bonchev–Trinajstić information content (AvgIpc) is 3.32. The summed E-state index contributed by atoms with van der Waals surface area (Å²) in [5.74, 6) is -0.591. The summed E-state index contributed by atoms with van der Waals surface area (Å²) in [5, 5.41) is 5.17.